The SMILES string of the molecule is O=PO.[CaH2]. The maximum atomic E-state index is 8.46. The minimum absolute atomic E-state index is 0. The molecule has 1 N–H and O–H groups in total. The Morgan fingerprint density at radius 1 is 1.75 bits per heavy atom. The second-order valence-corrected chi connectivity index (χ2v) is 0.245. The van der Waals surface area contributed by atoms with Crippen LogP contribution in [-0.2, 0) is 4.57 Å². The van der Waals surface area contributed by atoms with Crippen LogP contribution in [0.4, 0.5) is 0 Å². The van der Waals surface area contributed by atoms with E-state index in [-0.39, 0.29) is 37.7 Å². The molecule has 0 saturated heterocycles. The summed E-state index contributed by atoms with van der Waals surface area (Å²) in [6, 6.07) is 0. The van der Waals surface area contributed by atoms with Gasteiger partial charge in [0.1, 0.15) is 0 Å². The average molecular weight is 106 g/mol. The molecule has 0 fully saturated rings. The molecule has 0 saturated carbocycles. The van der Waals surface area contributed by atoms with Crippen molar-refractivity contribution in [3.63, 3.8) is 0 Å². The summed E-state index contributed by atoms with van der Waals surface area (Å²) in [5, 5.41) is 0. The molecule has 0 bridgehead atoms. The second kappa shape index (κ2) is 8.85. The summed E-state index contributed by atoms with van der Waals surface area (Å²) in [5.41, 5.74) is 0. The molecule has 0 atom stereocenters. The van der Waals surface area contributed by atoms with Gasteiger partial charge in [0.25, 0.3) is 0 Å². The normalized spacial score (nSPS) is 5.25. The first-order chi connectivity index (χ1) is 1.41. The Hall–Kier alpha value is 1.32. The molecule has 0 aromatic heterocycles. The van der Waals surface area contributed by atoms with Crippen LogP contribution in [0.1, 0.15) is 0 Å². The van der Waals surface area contributed by atoms with Gasteiger partial charge in [0.2, 0.25) is 0 Å². The van der Waals surface area contributed by atoms with E-state index < -0.39 is 8.69 Å². The fourth-order valence-electron chi connectivity index (χ4n) is 0. The van der Waals surface area contributed by atoms with E-state index >= 15 is 0 Å². The Labute approximate surface area is 55.5 Å². The number of hydrogen-bond acceptors (Lipinski definition) is 1. The van der Waals surface area contributed by atoms with Gasteiger partial charge in [-0.15, -0.1) is 0 Å². The molecule has 0 aliphatic carbocycles. The summed E-state index contributed by atoms with van der Waals surface area (Å²) in [5.74, 6) is 0. The van der Waals surface area contributed by atoms with E-state index in [0.29, 0.717) is 0 Å². The van der Waals surface area contributed by atoms with Crippen molar-refractivity contribution in [2.45, 2.75) is 0 Å². The zero-order valence-corrected chi connectivity index (χ0v) is 2.20. The molecular weight excluding hydrogens is 103 g/mol. The molecule has 0 aromatic rings. The summed E-state index contributed by atoms with van der Waals surface area (Å²) in [6.07, 6.45) is 0. The fourth-order valence-corrected chi connectivity index (χ4v) is 0. The van der Waals surface area contributed by atoms with Gasteiger partial charge in [-0.3, -0.25) is 0 Å². The van der Waals surface area contributed by atoms with Gasteiger partial charge in [-0.2, -0.15) is 0 Å². The molecule has 0 unspecified atom stereocenters. The van der Waals surface area contributed by atoms with Crippen LogP contribution in [0.2, 0.25) is 0 Å². The molecule has 0 radical (unpaired) electrons. The van der Waals surface area contributed by atoms with Gasteiger partial charge in [-0.05, 0) is 0 Å². The zero-order valence-electron chi connectivity index (χ0n) is 1.30. The molecule has 0 rings (SSSR count). The Kier molecular flexibility index (Phi) is 19.9. The van der Waals surface area contributed by atoms with Crippen molar-refractivity contribution < 1.29 is 9.46 Å². The second-order valence-electron chi connectivity index (χ2n) is 0.0816. The van der Waals surface area contributed by atoms with Crippen LogP contribution in [-0.4, -0.2) is 42.6 Å². The minimum atomic E-state index is -0.833. The van der Waals surface area contributed by atoms with Crippen molar-refractivity contribution in [1.82, 2.24) is 0 Å². The molecule has 0 spiro atoms. The third-order valence-corrected chi connectivity index (χ3v) is 0. The van der Waals surface area contributed by atoms with Crippen LogP contribution in [0.15, 0.2) is 0 Å². The monoisotopic (exact) mass is 106 g/mol. The van der Waals surface area contributed by atoms with Crippen molar-refractivity contribution in [2.24, 2.45) is 0 Å². The van der Waals surface area contributed by atoms with Crippen molar-refractivity contribution in [3.8, 4) is 0 Å². The molecular formula is H3CaO2P. The standard InChI is InChI=1S/Ca.HO2P.2H/c;1-3-2;;/h;(H,1,2);;. The molecule has 0 amide bonds. The van der Waals surface area contributed by atoms with E-state index in [1.165, 1.54) is 0 Å². The Balaban J connectivity index is 0. The van der Waals surface area contributed by atoms with Gasteiger partial charge < -0.3 is 4.89 Å². The maximum absolute atomic E-state index is 8.46. The number of hydrogen-bond donors (Lipinski definition) is 1. The van der Waals surface area contributed by atoms with Crippen LogP contribution in [0.5, 0.6) is 0 Å². The average Bonchev–Trinajstić information content (AvgIpc) is 0.918. The van der Waals surface area contributed by atoms with E-state index in [4.69, 9.17) is 9.46 Å². The Morgan fingerprint density at radius 3 is 1.75 bits per heavy atom. The predicted molar refractivity (Wildman–Crippen MR) is 18.4 cm³/mol. The van der Waals surface area contributed by atoms with Crippen molar-refractivity contribution >= 4 is 46.4 Å². The molecule has 0 aliphatic heterocycles. The Morgan fingerprint density at radius 2 is 1.75 bits per heavy atom. The molecule has 4 heavy (non-hydrogen) atoms. The van der Waals surface area contributed by atoms with Gasteiger partial charge in [0.05, 0.1) is 0 Å². The zero-order chi connectivity index (χ0) is 2.71. The first-order valence-electron chi connectivity index (χ1n) is 0.383. The van der Waals surface area contributed by atoms with Crippen molar-refractivity contribution in [2.75, 3.05) is 0 Å². The summed E-state index contributed by atoms with van der Waals surface area (Å²) in [6.45, 7) is 0. The first kappa shape index (κ1) is 9.01. The third-order valence-electron chi connectivity index (χ3n) is 0. The Bertz CT molecular complexity index is 13.5. The molecule has 22 valence electrons. The van der Waals surface area contributed by atoms with Crippen LogP contribution in [0, 0.1) is 0 Å². The van der Waals surface area contributed by atoms with E-state index in [1.54, 1.807) is 0 Å². The van der Waals surface area contributed by atoms with Gasteiger partial charge in [-0.1, -0.05) is 0 Å². The summed E-state index contributed by atoms with van der Waals surface area (Å²) in [4.78, 5) is 6.99. The van der Waals surface area contributed by atoms with E-state index in [1.807, 2.05) is 0 Å². The quantitative estimate of drug-likeness (QED) is 0.326. The molecule has 2 nitrogen and oxygen atoms in total. The van der Waals surface area contributed by atoms with Crippen LogP contribution >= 0.6 is 8.69 Å². The third kappa shape index (κ3) is 10.3. The van der Waals surface area contributed by atoms with Crippen LogP contribution in [0.25, 0.3) is 0 Å². The van der Waals surface area contributed by atoms with Crippen LogP contribution in [0.3, 0.4) is 0 Å². The van der Waals surface area contributed by atoms with Gasteiger partial charge in [-0.25, -0.2) is 4.57 Å². The van der Waals surface area contributed by atoms with Gasteiger partial charge in [0.15, 0.2) is 0 Å². The topological polar surface area (TPSA) is 37.3 Å². The van der Waals surface area contributed by atoms with Crippen molar-refractivity contribution in [1.29, 1.82) is 0 Å². The van der Waals surface area contributed by atoms with Gasteiger partial charge >= 0.3 is 46.4 Å². The fraction of sp³-hybridized carbons (Fsp3) is 0. The van der Waals surface area contributed by atoms with Crippen LogP contribution < -0.4 is 0 Å². The van der Waals surface area contributed by atoms with E-state index in [0.717, 1.165) is 0 Å². The number of rotatable bonds is 0. The van der Waals surface area contributed by atoms with Crippen molar-refractivity contribution in [3.05, 3.63) is 0 Å². The molecule has 0 heterocycles. The summed E-state index contributed by atoms with van der Waals surface area (Å²) >= 11 is 0. The first-order valence-corrected chi connectivity index (χ1v) is 1.15. The summed E-state index contributed by atoms with van der Waals surface area (Å²) in [7, 11) is -0.833. The van der Waals surface area contributed by atoms with E-state index in [2.05, 4.69) is 0 Å². The molecule has 4 heteroatoms. The summed E-state index contributed by atoms with van der Waals surface area (Å²) < 4.78 is 8.46. The van der Waals surface area contributed by atoms with E-state index in [9.17, 15) is 0 Å². The predicted octanol–water partition coefficient (Wildman–Crippen LogP) is -0.731. The van der Waals surface area contributed by atoms with Gasteiger partial charge in [0, 0.05) is 0 Å². The molecule has 0 aliphatic rings. The molecule has 0 aromatic carbocycles.